The molecule has 0 spiro atoms. The summed E-state index contributed by atoms with van der Waals surface area (Å²) in [5.41, 5.74) is 1.86. The lowest BCUT2D eigenvalue weighted by Gasteiger charge is -2.08. The van der Waals surface area contributed by atoms with Crippen LogP contribution in [0.25, 0.3) is 0 Å². The Labute approximate surface area is 125 Å². The molecule has 0 fully saturated rings. The summed E-state index contributed by atoms with van der Waals surface area (Å²) in [6.07, 6.45) is 5.13. The van der Waals surface area contributed by atoms with Crippen LogP contribution < -0.4 is 10.0 Å². The van der Waals surface area contributed by atoms with Crippen molar-refractivity contribution in [1.82, 2.24) is 19.6 Å². The molecule has 2 aromatic rings. The number of benzene rings is 1. The van der Waals surface area contributed by atoms with E-state index >= 15 is 0 Å². The van der Waals surface area contributed by atoms with E-state index < -0.39 is 10.0 Å². The summed E-state index contributed by atoms with van der Waals surface area (Å²) in [5.74, 6) is -0.00547. The van der Waals surface area contributed by atoms with Gasteiger partial charge in [0, 0.05) is 32.0 Å². The number of hydrogen-bond donors (Lipinski definition) is 2. The van der Waals surface area contributed by atoms with Crippen LogP contribution in [0, 0.1) is 0 Å². The number of nitrogens with one attached hydrogen (secondary N) is 2. The molecule has 0 radical (unpaired) electrons. The van der Waals surface area contributed by atoms with Gasteiger partial charge in [-0.25, -0.2) is 18.1 Å². The summed E-state index contributed by atoms with van der Waals surface area (Å²) in [5, 5.41) is 3.05. The van der Waals surface area contributed by atoms with Crippen LogP contribution in [0.1, 0.15) is 11.1 Å². The van der Waals surface area contributed by atoms with Gasteiger partial charge in [0.2, 0.25) is 10.0 Å². The van der Waals surface area contributed by atoms with Gasteiger partial charge >= 0.3 is 0 Å². The molecule has 21 heavy (non-hydrogen) atoms. The Morgan fingerprint density at radius 3 is 2.81 bits per heavy atom. The molecule has 0 aliphatic carbocycles. The number of nitrogens with zero attached hydrogens (tertiary/aromatic N) is 2. The summed E-state index contributed by atoms with van der Waals surface area (Å²) >= 11 is 0. The summed E-state index contributed by atoms with van der Waals surface area (Å²) in [6, 6.07) is 7.59. The van der Waals surface area contributed by atoms with Crippen molar-refractivity contribution < 1.29 is 8.42 Å². The first-order valence-corrected chi connectivity index (χ1v) is 8.40. The number of sulfonamides is 1. The Kier molecular flexibility index (Phi) is 5.49. The molecule has 1 aromatic heterocycles. The van der Waals surface area contributed by atoms with Crippen LogP contribution in [0.2, 0.25) is 0 Å². The van der Waals surface area contributed by atoms with E-state index in [2.05, 4.69) is 15.0 Å². The smallest absolute Gasteiger partial charge is 0.215 e. The van der Waals surface area contributed by atoms with Gasteiger partial charge in [0.05, 0.1) is 12.1 Å². The quantitative estimate of drug-likeness (QED) is 0.753. The van der Waals surface area contributed by atoms with Crippen LogP contribution in [-0.4, -0.2) is 31.6 Å². The first kappa shape index (κ1) is 15.7. The van der Waals surface area contributed by atoms with Crippen molar-refractivity contribution in [2.75, 3.05) is 13.6 Å². The number of rotatable bonds is 8. The van der Waals surface area contributed by atoms with Crippen LogP contribution in [0.3, 0.4) is 0 Å². The minimum absolute atomic E-state index is 0.00547. The molecule has 0 aliphatic rings. The fourth-order valence-corrected chi connectivity index (χ4v) is 3.18. The molecular weight excluding hydrogens is 288 g/mol. The second-order valence-electron chi connectivity index (χ2n) is 4.80. The molecular formula is C14H20N4O2S. The molecule has 0 unspecified atom stereocenters. The molecule has 0 amide bonds. The SMILES string of the molecule is CNCc1cccc(CS(=O)(=O)NCCn2ccnc2)c1. The van der Waals surface area contributed by atoms with Gasteiger partial charge in [-0.05, 0) is 18.2 Å². The van der Waals surface area contributed by atoms with Crippen LogP contribution >= 0.6 is 0 Å². The maximum absolute atomic E-state index is 12.0. The fourth-order valence-electron chi connectivity index (χ4n) is 2.05. The number of aromatic nitrogens is 2. The van der Waals surface area contributed by atoms with E-state index in [1.165, 1.54) is 0 Å². The minimum Gasteiger partial charge on any atom is -0.336 e. The van der Waals surface area contributed by atoms with Crippen molar-refractivity contribution in [3.05, 3.63) is 54.1 Å². The molecule has 114 valence electrons. The van der Waals surface area contributed by atoms with Crippen LogP contribution in [0.5, 0.6) is 0 Å². The average Bonchev–Trinajstić information content (AvgIpc) is 2.92. The molecule has 2 N–H and O–H groups in total. The molecule has 1 heterocycles. The first-order valence-electron chi connectivity index (χ1n) is 6.74. The van der Waals surface area contributed by atoms with E-state index in [1.807, 2.05) is 35.9 Å². The number of imidazole rings is 1. The Balaban J connectivity index is 1.89. The van der Waals surface area contributed by atoms with Gasteiger partial charge < -0.3 is 9.88 Å². The Hall–Kier alpha value is -1.70. The average molecular weight is 308 g/mol. The maximum Gasteiger partial charge on any atom is 0.215 e. The Bertz CT molecular complexity index is 653. The van der Waals surface area contributed by atoms with Crippen molar-refractivity contribution in [3.8, 4) is 0 Å². The fraction of sp³-hybridized carbons (Fsp3) is 0.357. The first-order chi connectivity index (χ1) is 10.1. The van der Waals surface area contributed by atoms with Gasteiger partial charge in [-0.1, -0.05) is 24.3 Å². The van der Waals surface area contributed by atoms with E-state index in [-0.39, 0.29) is 5.75 Å². The van der Waals surface area contributed by atoms with E-state index in [9.17, 15) is 8.42 Å². The minimum atomic E-state index is -3.32. The maximum atomic E-state index is 12.0. The van der Waals surface area contributed by atoms with E-state index in [0.717, 1.165) is 17.7 Å². The topological polar surface area (TPSA) is 76.0 Å². The van der Waals surface area contributed by atoms with Crippen LogP contribution in [0.15, 0.2) is 43.0 Å². The molecule has 0 bridgehead atoms. The lowest BCUT2D eigenvalue weighted by Crippen LogP contribution is -2.28. The standard InChI is InChI=1S/C14H20N4O2S/c1-15-10-13-3-2-4-14(9-13)11-21(19,20)17-6-8-18-7-5-16-12-18/h2-5,7,9,12,15,17H,6,8,10-11H2,1H3. The normalized spacial score (nSPS) is 11.7. The highest BCUT2D eigenvalue weighted by atomic mass is 32.2. The Morgan fingerprint density at radius 2 is 2.10 bits per heavy atom. The molecule has 7 heteroatoms. The van der Waals surface area contributed by atoms with Crippen molar-refractivity contribution in [2.24, 2.45) is 0 Å². The second kappa shape index (κ2) is 7.35. The molecule has 0 saturated heterocycles. The highest BCUT2D eigenvalue weighted by molar-refractivity contribution is 7.88. The monoisotopic (exact) mass is 308 g/mol. The summed E-state index contributed by atoms with van der Waals surface area (Å²) in [6.45, 7) is 1.65. The number of hydrogen-bond acceptors (Lipinski definition) is 4. The zero-order chi connectivity index (χ0) is 15.1. The molecule has 0 aliphatic heterocycles. The van der Waals surface area contributed by atoms with Gasteiger partial charge in [-0.2, -0.15) is 0 Å². The van der Waals surface area contributed by atoms with Gasteiger partial charge in [0.1, 0.15) is 0 Å². The van der Waals surface area contributed by atoms with Crippen molar-refractivity contribution >= 4 is 10.0 Å². The van der Waals surface area contributed by atoms with Gasteiger partial charge in [0.25, 0.3) is 0 Å². The van der Waals surface area contributed by atoms with Gasteiger partial charge in [0.15, 0.2) is 0 Å². The summed E-state index contributed by atoms with van der Waals surface area (Å²) in [7, 11) is -1.46. The second-order valence-corrected chi connectivity index (χ2v) is 6.61. The predicted molar refractivity (Wildman–Crippen MR) is 82.1 cm³/mol. The molecule has 0 atom stereocenters. The van der Waals surface area contributed by atoms with Crippen molar-refractivity contribution in [1.29, 1.82) is 0 Å². The summed E-state index contributed by atoms with van der Waals surface area (Å²) in [4.78, 5) is 3.91. The Morgan fingerprint density at radius 1 is 1.29 bits per heavy atom. The highest BCUT2D eigenvalue weighted by Crippen LogP contribution is 2.08. The van der Waals surface area contributed by atoms with E-state index in [4.69, 9.17) is 0 Å². The van der Waals surface area contributed by atoms with Crippen molar-refractivity contribution in [2.45, 2.75) is 18.8 Å². The molecule has 1 aromatic carbocycles. The predicted octanol–water partition coefficient (Wildman–Crippen LogP) is 0.722. The van der Waals surface area contributed by atoms with Gasteiger partial charge in [-0.3, -0.25) is 0 Å². The molecule has 0 saturated carbocycles. The summed E-state index contributed by atoms with van der Waals surface area (Å²) < 4.78 is 28.5. The van der Waals surface area contributed by atoms with Crippen molar-refractivity contribution in [3.63, 3.8) is 0 Å². The largest absolute Gasteiger partial charge is 0.336 e. The molecule has 2 rings (SSSR count). The lowest BCUT2D eigenvalue weighted by atomic mass is 10.1. The molecule has 6 nitrogen and oxygen atoms in total. The van der Waals surface area contributed by atoms with Crippen LogP contribution in [0.4, 0.5) is 0 Å². The van der Waals surface area contributed by atoms with Gasteiger partial charge in [-0.15, -0.1) is 0 Å². The zero-order valence-corrected chi connectivity index (χ0v) is 12.8. The van der Waals surface area contributed by atoms with Crippen LogP contribution in [-0.2, 0) is 28.9 Å². The third-order valence-electron chi connectivity index (χ3n) is 2.98. The third-order valence-corrected chi connectivity index (χ3v) is 4.34. The third kappa shape index (κ3) is 5.30. The highest BCUT2D eigenvalue weighted by Gasteiger charge is 2.11. The van der Waals surface area contributed by atoms with E-state index in [1.54, 1.807) is 18.7 Å². The van der Waals surface area contributed by atoms with E-state index in [0.29, 0.717) is 13.1 Å². The zero-order valence-electron chi connectivity index (χ0n) is 12.0. The lowest BCUT2D eigenvalue weighted by molar-refractivity contribution is 0.572.